The molecule has 0 aromatic carbocycles. The highest BCUT2D eigenvalue weighted by Gasteiger charge is 2.46. The molecule has 80 valence electrons. The summed E-state index contributed by atoms with van der Waals surface area (Å²) in [7, 11) is 1.71. The number of methoxy groups -OCH3 is 1. The molecule has 1 aromatic heterocycles. The van der Waals surface area contributed by atoms with Gasteiger partial charge in [-0.05, 0) is 28.8 Å². The standard InChI is InChI=1S/C10H12BrN3O/c1-15-9-4-10(5-9,2-3-12)14-7-8(11)6-13-14/h6-7,9H,2,4-5H2,1H3. The smallest absolute Gasteiger partial charge is 0.0806 e. The number of nitrogens with zero attached hydrogens (tertiary/aromatic N) is 3. The summed E-state index contributed by atoms with van der Waals surface area (Å²) in [5, 5.41) is 13.1. The second kappa shape index (κ2) is 3.95. The number of rotatable bonds is 3. The van der Waals surface area contributed by atoms with Crippen molar-refractivity contribution in [2.75, 3.05) is 7.11 Å². The number of ether oxygens (including phenoxy) is 1. The normalized spacial score (nSPS) is 29.5. The van der Waals surface area contributed by atoms with Crippen molar-refractivity contribution in [3.8, 4) is 6.07 Å². The first-order valence-corrected chi connectivity index (χ1v) is 5.60. The van der Waals surface area contributed by atoms with Crippen molar-refractivity contribution in [3.05, 3.63) is 16.9 Å². The molecule has 0 unspecified atom stereocenters. The van der Waals surface area contributed by atoms with Gasteiger partial charge in [0.05, 0.1) is 34.8 Å². The number of halogens is 1. The minimum absolute atomic E-state index is 0.151. The molecule has 1 aliphatic rings. The van der Waals surface area contributed by atoms with E-state index >= 15 is 0 Å². The van der Waals surface area contributed by atoms with Crippen molar-refractivity contribution in [2.24, 2.45) is 0 Å². The Bertz CT molecular complexity index is 390. The molecule has 0 saturated heterocycles. The molecule has 0 atom stereocenters. The van der Waals surface area contributed by atoms with Crippen molar-refractivity contribution >= 4 is 15.9 Å². The average molecular weight is 270 g/mol. The molecule has 1 aliphatic carbocycles. The van der Waals surface area contributed by atoms with Crippen molar-refractivity contribution in [3.63, 3.8) is 0 Å². The summed E-state index contributed by atoms with van der Waals surface area (Å²) in [6, 6.07) is 2.23. The molecule has 0 bridgehead atoms. The van der Waals surface area contributed by atoms with Gasteiger partial charge in [0, 0.05) is 13.3 Å². The predicted molar refractivity (Wildman–Crippen MR) is 58.2 cm³/mol. The van der Waals surface area contributed by atoms with E-state index in [1.54, 1.807) is 13.3 Å². The molecule has 4 nitrogen and oxygen atoms in total. The molecule has 1 fully saturated rings. The van der Waals surface area contributed by atoms with E-state index in [9.17, 15) is 0 Å². The van der Waals surface area contributed by atoms with Crippen LogP contribution in [0.2, 0.25) is 0 Å². The van der Waals surface area contributed by atoms with Crippen LogP contribution in [0.4, 0.5) is 0 Å². The third-order valence-electron chi connectivity index (χ3n) is 2.99. The van der Waals surface area contributed by atoms with Gasteiger partial charge >= 0.3 is 0 Å². The topological polar surface area (TPSA) is 50.8 Å². The van der Waals surface area contributed by atoms with Gasteiger partial charge in [0.25, 0.3) is 0 Å². The van der Waals surface area contributed by atoms with Crippen LogP contribution in [0.25, 0.3) is 0 Å². The Morgan fingerprint density at radius 2 is 2.53 bits per heavy atom. The minimum atomic E-state index is -0.151. The van der Waals surface area contributed by atoms with Gasteiger partial charge in [0.2, 0.25) is 0 Å². The molecule has 2 rings (SSSR count). The third-order valence-corrected chi connectivity index (χ3v) is 3.40. The lowest BCUT2D eigenvalue weighted by atomic mass is 9.72. The van der Waals surface area contributed by atoms with Gasteiger partial charge in [-0.3, -0.25) is 4.68 Å². The first kappa shape index (κ1) is 10.7. The highest BCUT2D eigenvalue weighted by molar-refractivity contribution is 9.10. The van der Waals surface area contributed by atoms with E-state index in [0.29, 0.717) is 6.42 Å². The van der Waals surface area contributed by atoms with Crippen LogP contribution < -0.4 is 0 Å². The molecular formula is C10H12BrN3O. The molecule has 0 N–H and O–H groups in total. The molecule has 0 radical (unpaired) electrons. The second-order valence-corrected chi connectivity index (χ2v) is 4.84. The van der Waals surface area contributed by atoms with Crippen molar-refractivity contribution < 1.29 is 4.74 Å². The molecule has 0 spiro atoms. The van der Waals surface area contributed by atoms with Crippen LogP contribution >= 0.6 is 15.9 Å². The van der Waals surface area contributed by atoms with Crippen molar-refractivity contribution in [1.82, 2.24) is 9.78 Å². The van der Waals surface area contributed by atoms with Gasteiger partial charge in [-0.1, -0.05) is 0 Å². The summed E-state index contributed by atoms with van der Waals surface area (Å²) >= 11 is 3.36. The van der Waals surface area contributed by atoms with E-state index in [-0.39, 0.29) is 11.6 Å². The summed E-state index contributed by atoms with van der Waals surface area (Å²) < 4.78 is 8.08. The monoisotopic (exact) mass is 269 g/mol. The number of aromatic nitrogens is 2. The molecule has 1 saturated carbocycles. The van der Waals surface area contributed by atoms with Gasteiger partial charge in [0.15, 0.2) is 0 Å². The predicted octanol–water partition coefficient (Wildman–Crippen LogP) is 2.06. The van der Waals surface area contributed by atoms with Crippen LogP contribution in [-0.4, -0.2) is 23.0 Å². The number of nitriles is 1. The molecule has 1 heterocycles. The van der Waals surface area contributed by atoms with Crippen LogP contribution in [0, 0.1) is 11.3 Å². The van der Waals surface area contributed by atoms with Crippen LogP contribution in [-0.2, 0) is 10.3 Å². The quantitative estimate of drug-likeness (QED) is 0.844. The minimum Gasteiger partial charge on any atom is -0.381 e. The van der Waals surface area contributed by atoms with Crippen LogP contribution in [0.5, 0.6) is 0 Å². The van der Waals surface area contributed by atoms with E-state index in [4.69, 9.17) is 10.00 Å². The molecule has 1 aromatic rings. The lowest BCUT2D eigenvalue weighted by Crippen LogP contribution is -2.50. The maximum atomic E-state index is 8.85. The number of hydrogen-bond acceptors (Lipinski definition) is 3. The molecule has 0 amide bonds. The summed E-state index contributed by atoms with van der Waals surface area (Å²) in [6.07, 6.45) is 6.15. The average Bonchev–Trinajstić information content (AvgIpc) is 2.58. The molecule has 15 heavy (non-hydrogen) atoms. The maximum absolute atomic E-state index is 8.85. The first-order valence-electron chi connectivity index (χ1n) is 4.80. The fourth-order valence-corrected chi connectivity index (χ4v) is 2.36. The lowest BCUT2D eigenvalue weighted by Gasteiger charge is -2.45. The highest BCUT2D eigenvalue weighted by atomic mass is 79.9. The van der Waals surface area contributed by atoms with E-state index < -0.39 is 0 Å². The Kier molecular flexibility index (Phi) is 2.81. The Morgan fingerprint density at radius 3 is 3.00 bits per heavy atom. The Labute approximate surface area is 97.0 Å². The summed E-state index contributed by atoms with van der Waals surface area (Å²) in [5.41, 5.74) is -0.151. The highest BCUT2D eigenvalue weighted by Crippen LogP contribution is 2.43. The van der Waals surface area contributed by atoms with E-state index in [1.165, 1.54) is 0 Å². The summed E-state index contributed by atoms with van der Waals surface area (Å²) in [5.74, 6) is 0. The van der Waals surface area contributed by atoms with Gasteiger partial charge in [0.1, 0.15) is 0 Å². The molecule has 5 heteroatoms. The van der Waals surface area contributed by atoms with Crippen molar-refractivity contribution in [2.45, 2.75) is 30.9 Å². The Hall–Kier alpha value is -0.860. The van der Waals surface area contributed by atoms with Crippen LogP contribution in [0.3, 0.4) is 0 Å². The Morgan fingerprint density at radius 1 is 1.80 bits per heavy atom. The van der Waals surface area contributed by atoms with Crippen molar-refractivity contribution in [1.29, 1.82) is 5.26 Å². The lowest BCUT2D eigenvalue weighted by molar-refractivity contribution is -0.0542. The zero-order chi connectivity index (χ0) is 10.9. The molecule has 0 aliphatic heterocycles. The molecular weight excluding hydrogens is 258 g/mol. The zero-order valence-corrected chi connectivity index (χ0v) is 10.1. The van der Waals surface area contributed by atoms with E-state index in [0.717, 1.165) is 17.3 Å². The summed E-state index contributed by atoms with van der Waals surface area (Å²) in [6.45, 7) is 0. The SMILES string of the molecule is COC1CC(CC#N)(n2cc(Br)cn2)C1. The largest absolute Gasteiger partial charge is 0.381 e. The van der Waals surface area contributed by atoms with Crippen LogP contribution in [0.1, 0.15) is 19.3 Å². The summed E-state index contributed by atoms with van der Waals surface area (Å²) in [4.78, 5) is 0. The van der Waals surface area contributed by atoms with Gasteiger partial charge < -0.3 is 4.74 Å². The maximum Gasteiger partial charge on any atom is 0.0806 e. The first-order chi connectivity index (χ1) is 7.20. The fraction of sp³-hybridized carbons (Fsp3) is 0.600. The number of hydrogen-bond donors (Lipinski definition) is 0. The fourth-order valence-electron chi connectivity index (χ4n) is 2.07. The zero-order valence-electron chi connectivity index (χ0n) is 8.48. The van der Waals surface area contributed by atoms with Gasteiger partial charge in [-0.2, -0.15) is 10.4 Å². The van der Waals surface area contributed by atoms with Gasteiger partial charge in [-0.25, -0.2) is 0 Å². The third kappa shape index (κ3) is 1.80. The van der Waals surface area contributed by atoms with E-state index in [1.807, 2.05) is 10.9 Å². The second-order valence-electron chi connectivity index (χ2n) is 3.93. The van der Waals surface area contributed by atoms with Gasteiger partial charge in [-0.15, -0.1) is 0 Å². The Balaban J connectivity index is 2.19. The van der Waals surface area contributed by atoms with Crippen LogP contribution in [0.15, 0.2) is 16.9 Å². The van der Waals surface area contributed by atoms with E-state index in [2.05, 4.69) is 27.1 Å².